The van der Waals surface area contributed by atoms with Gasteiger partial charge in [-0.1, -0.05) is 13.8 Å². The number of aromatic amines is 1. The van der Waals surface area contributed by atoms with E-state index in [-0.39, 0.29) is 18.2 Å². The van der Waals surface area contributed by atoms with E-state index in [2.05, 4.69) is 20.8 Å². The van der Waals surface area contributed by atoms with Crippen molar-refractivity contribution < 1.29 is 19.0 Å². The van der Waals surface area contributed by atoms with E-state index in [9.17, 15) is 19.6 Å². The van der Waals surface area contributed by atoms with Crippen LogP contribution >= 0.6 is 0 Å². The standard InChI is InChI=1S/C27H28FN5O3/c1-26(2,12-13-29)23-21(16-8-10-27(36-3,11-9-16)25(34)35)22-20(14-17-15-30-32-24(17)31-22)33(23)19-6-4-18(28)5-7-19/h4-7,14-16H,8-12H2,1-3H3,(H,34,35)(H,30,31,32). The summed E-state index contributed by atoms with van der Waals surface area (Å²) < 4.78 is 21.4. The molecule has 3 heterocycles. The average Bonchev–Trinajstić information content (AvgIpc) is 3.45. The highest BCUT2D eigenvalue weighted by Gasteiger charge is 2.45. The van der Waals surface area contributed by atoms with Gasteiger partial charge in [-0.2, -0.15) is 10.4 Å². The monoisotopic (exact) mass is 489 g/mol. The summed E-state index contributed by atoms with van der Waals surface area (Å²) in [6.07, 6.45) is 3.92. The molecular formula is C27H28FN5O3. The van der Waals surface area contributed by atoms with Crippen LogP contribution in [-0.4, -0.2) is 43.5 Å². The second-order valence-electron chi connectivity index (χ2n) is 10.2. The Morgan fingerprint density at radius 1 is 1.33 bits per heavy atom. The summed E-state index contributed by atoms with van der Waals surface area (Å²) >= 11 is 0. The molecule has 1 aliphatic rings. The number of nitrogens with zero attached hydrogens (tertiary/aromatic N) is 4. The van der Waals surface area contributed by atoms with Crippen molar-refractivity contribution in [1.82, 2.24) is 19.7 Å². The van der Waals surface area contributed by atoms with Gasteiger partial charge in [-0.15, -0.1) is 0 Å². The fourth-order valence-electron chi connectivity index (χ4n) is 5.66. The number of aliphatic carboxylic acids is 1. The lowest BCUT2D eigenvalue weighted by Crippen LogP contribution is -2.43. The lowest BCUT2D eigenvalue weighted by atomic mass is 9.73. The Morgan fingerprint density at radius 3 is 2.64 bits per heavy atom. The summed E-state index contributed by atoms with van der Waals surface area (Å²) in [5.41, 5.74) is 3.22. The van der Waals surface area contributed by atoms with Crippen LogP contribution in [0.4, 0.5) is 4.39 Å². The summed E-state index contributed by atoms with van der Waals surface area (Å²) in [4.78, 5) is 16.9. The van der Waals surface area contributed by atoms with Crippen molar-refractivity contribution in [2.24, 2.45) is 0 Å². The fraction of sp³-hybridized carbons (Fsp3) is 0.407. The van der Waals surface area contributed by atoms with Crippen LogP contribution in [0, 0.1) is 17.1 Å². The number of ether oxygens (including phenoxy) is 1. The van der Waals surface area contributed by atoms with Gasteiger partial charge in [-0.05, 0) is 61.9 Å². The second-order valence-corrected chi connectivity index (χ2v) is 10.2. The number of benzene rings is 1. The lowest BCUT2D eigenvalue weighted by Gasteiger charge is -2.37. The van der Waals surface area contributed by atoms with E-state index in [0.29, 0.717) is 31.3 Å². The average molecular weight is 490 g/mol. The van der Waals surface area contributed by atoms with Crippen molar-refractivity contribution in [3.05, 3.63) is 53.6 Å². The highest BCUT2D eigenvalue weighted by Crippen LogP contribution is 2.48. The SMILES string of the molecule is COC1(C(=O)O)CCC(c2c(C(C)(C)CC#N)n(-c3ccc(F)cc3)c3cc4cn[nH]c4nc23)CC1. The molecule has 5 rings (SSSR count). The third-order valence-electron chi connectivity index (χ3n) is 7.61. The van der Waals surface area contributed by atoms with Gasteiger partial charge in [0.1, 0.15) is 5.82 Å². The first-order chi connectivity index (χ1) is 17.2. The fourth-order valence-corrected chi connectivity index (χ4v) is 5.66. The zero-order valence-corrected chi connectivity index (χ0v) is 20.5. The number of carboxylic acid groups (broad SMARTS) is 1. The molecule has 1 saturated carbocycles. The minimum atomic E-state index is -1.20. The van der Waals surface area contributed by atoms with Crippen LogP contribution in [0.3, 0.4) is 0 Å². The molecule has 0 saturated heterocycles. The van der Waals surface area contributed by atoms with Crippen molar-refractivity contribution in [3.63, 3.8) is 0 Å². The molecular weight excluding hydrogens is 461 g/mol. The summed E-state index contributed by atoms with van der Waals surface area (Å²) in [5, 5.41) is 27.5. The van der Waals surface area contributed by atoms with Crippen LogP contribution in [0.5, 0.6) is 0 Å². The van der Waals surface area contributed by atoms with E-state index in [1.807, 2.05) is 19.9 Å². The Balaban J connectivity index is 1.80. The smallest absolute Gasteiger partial charge is 0.335 e. The molecule has 4 aromatic rings. The molecule has 8 nitrogen and oxygen atoms in total. The number of nitrogens with one attached hydrogen (secondary N) is 1. The second kappa shape index (κ2) is 8.71. The van der Waals surface area contributed by atoms with Crippen LogP contribution < -0.4 is 0 Å². The molecule has 0 aliphatic heterocycles. The van der Waals surface area contributed by atoms with Gasteiger partial charge in [-0.3, -0.25) is 5.10 Å². The molecule has 0 spiro atoms. The van der Waals surface area contributed by atoms with E-state index >= 15 is 0 Å². The Labute approximate surface area is 207 Å². The van der Waals surface area contributed by atoms with Gasteiger partial charge in [0.15, 0.2) is 11.2 Å². The number of hydrogen-bond donors (Lipinski definition) is 2. The summed E-state index contributed by atoms with van der Waals surface area (Å²) in [7, 11) is 1.45. The summed E-state index contributed by atoms with van der Waals surface area (Å²) in [5.74, 6) is -1.27. The quantitative estimate of drug-likeness (QED) is 0.377. The van der Waals surface area contributed by atoms with E-state index in [0.717, 1.165) is 33.4 Å². The van der Waals surface area contributed by atoms with Crippen molar-refractivity contribution in [2.75, 3.05) is 7.11 Å². The molecule has 3 aromatic heterocycles. The molecule has 0 amide bonds. The van der Waals surface area contributed by atoms with Gasteiger partial charge < -0.3 is 14.4 Å². The van der Waals surface area contributed by atoms with Crippen LogP contribution in [0.1, 0.15) is 63.1 Å². The molecule has 9 heteroatoms. The molecule has 0 bridgehead atoms. The number of carboxylic acids is 1. The van der Waals surface area contributed by atoms with Gasteiger partial charge in [0.05, 0.1) is 23.3 Å². The number of nitriles is 1. The maximum absolute atomic E-state index is 13.9. The highest BCUT2D eigenvalue weighted by atomic mass is 19.1. The first-order valence-corrected chi connectivity index (χ1v) is 12.0. The van der Waals surface area contributed by atoms with E-state index < -0.39 is 17.0 Å². The topological polar surface area (TPSA) is 117 Å². The number of pyridine rings is 1. The number of fused-ring (bicyclic) bond motifs is 2. The van der Waals surface area contributed by atoms with Crippen LogP contribution in [0.25, 0.3) is 27.8 Å². The maximum atomic E-state index is 13.9. The van der Waals surface area contributed by atoms with E-state index in [4.69, 9.17) is 9.72 Å². The molecule has 1 aliphatic carbocycles. The zero-order chi connectivity index (χ0) is 25.7. The van der Waals surface area contributed by atoms with E-state index in [1.165, 1.54) is 19.2 Å². The van der Waals surface area contributed by atoms with Gasteiger partial charge in [0.25, 0.3) is 0 Å². The molecule has 1 aromatic carbocycles. The Bertz CT molecular complexity index is 1490. The molecule has 2 N–H and O–H groups in total. The van der Waals surface area contributed by atoms with E-state index in [1.54, 1.807) is 18.3 Å². The Morgan fingerprint density at radius 2 is 2.03 bits per heavy atom. The van der Waals surface area contributed by atoms with Gasteiger partial charge >= 0.3 is 5.97 Å². The Hall–Kier alpha value is -3.77. The van der Waals surface area contributed by atoms with Crippen LogP contribution in [-0.2, 0) is 14.9 Å². The predicted octanol–water partition coefficient (Wildman–Crippen LogP) is 5.36. The van der Waals surface area contributed by atoms with Gasteiger partial charge in [0.2, 0.25) is 0 Å². The zero-order valence-electron chi connectivity index (χ0n) is 20.5. The minimum absolute atomic E-state index is 0.0117. The first-order valence-electron chi connectivity index (χ1n) is 12.0. The third kappa shape index (κ3) is 3.73. The first kappa shape index (κ1) is 23.9. The van der Waals surface area contributed by atoms with Gasteiger partial charge in [-0.25, -0.2) is 14.2 Å². The molecule has 0 unspecified atom stereocenters. The number of carbonyl (C=O) groups is 1. The number of H-pyrrole nitrogens is 1. The summed E-state index contributed by atoms with van der Waals surface area (Å²) in [6, 6.07) is 10.6. The number of aromatic nitrogens is 4. The number of halogens is 1. The van der Waals surface area contributed by atoms with Crippen LogP contribution in [0.15, 0.2) is 36.5 Å². The molecule has 186 valence electrons. The molecule has 0 radical (unpaired) electrons. The predicted molar refractivity (Wildman–Crippen MR) is 133 cm³/mol. The normalized spacial score (nSPS) is 20.6. The number of methoxy groups -OCH3 is 1. The van der Waals surface area contributed by atoms with Crippen molar-refractivity contribution in [3.8, 4) is 11.8 Å². The van der Waals surface area contributed by atoms with Gasteiger partial charge in [0, 0.05) is 41.3 Å². The maximum Gasteiger partial charge on any atom is 0.335 e. The molecule has 36 heavy (non-hydrogen) atoms. The van der Waals surface area contributed by atoms with Crippen molar-refractivity contribution in [1.29, 1.82) is 5.26 Å². The summed E-state index contributed by atoms with van der Waals surface area (Å²) in [6.45, 7) is 4.06. The number of rotatable bonds is 6. The van der Waals surface area contributed by atoms with Crippen LogP contribution in [0.2, 0.25) is 0 Å². The van der Waals surface area contributed by atoms with Crippen molar-refractivity contribution >= 4 is 28.0 Å². The molecule has 0 atom stereocenters. The Kier molecular flexibility index (Phi) is 5.80. The third-order valence-corrected chi connectivity index (χ3v) is 7.61. The number of hydrogen-bond acceptors (Lipinski definition) is 5. The lowest BCUT2D eigenvalue weighted by molar-refractivity contribution is -0.166. The van der Waals surface area contributed by atoms with Crippen molar-refractivity contribution in [2.45, 2.75) is 62.9 Å². The molecule has 1 fully saturated rings. The largest absolute Gasteiger partial charge is 0.479 e. The minimum Gasteiger partial charge on any atom is -0.479 e. The highest BCUT2D eigenvalue weighted by molar-refractivity contribution is 5.94.